The number of benzene rings is 2. The minimum atomic E-state index is -0.0983. The van der Waals surface area contributed by atoms with Crippen molar-refractivity contribution in [1.82, 2.24) is 4.98 Å². The van der Waals surface area contributed by atoms with Gasteiger partial charge in [-0.1, -0.05) is 41.9 Å². The number of pyridine rings is 1. The number of aryl methyl sites for hydroxylation is 1. The summed E-state index contributed by atoms with van der Waals surface area (Å²) >= 11 is 6.24. The first-order valence-electron chi connectivity index (χ1n) is 6.63. The maximum atomic E-state index is 11.7. The van der Waals surface area contributed by atoms with Gasteiger partial charge >= 0.3 is 0 Å². The van der Waals surface area contributed by atoms with Gasteiger partial charge in [-0.25, -0.2) is 0 Å². The van der Waals surface area contributed by atoms with Crippen LogP contribution in [-0.2, 0) is 6.61 Å². The van der Waals surface area contributed by atoms with Gasteiger partial charge in [-0.2, -0.15) is 0 Å². The van der Waals surface area contributed by atoms with Crippen LogP contribution < -0.4 is 10.3 Å². The Labute approximate surface area is 127 Å². The molecule has 1 aromatic heterocycles. The molecule has 0 aliphatic carbocycles. The van der Waals surface area contributed by atoms with Crippen LogP contribution in [0.5, 0.6) is 5.75 Å². The summed E-state index contributed by atoms with van der Waals surface area (Å²) in [6.07, 6.45) is 0. The number of hydrogen-bond donors (Lipinski definition) is 1. The molecule has 1 heterocycles. The fraction of sp³-hybridized carbons (Fsp3) is 0.118. The largest absolute Gasteiger partial charge is 0.487 e. The third-order valence-corrected chi connectivity index (χ3v) is 3.61. The zero-order chi connectivity index (χ0) is 14.8. The third-order valence-electron chi connectivity index (χ3n) is 3.32. The average Bonchev–Trinajstić information content (AvgIpc) is 2.48. The van der Waals surface area contributed by atoms with Gasteiger partial charge < -0.3 is 9.72 Å². The Balaban J connectivity index is 1.93. The molecule has 0 atom stereocenters. The van der Waals surface area contributed by atoms with Crippen molar-refractivity contribution in [2.24, 2.45) is 0 Å². The molecule has 0 unspecified atom stereocenters. The van der Waals surface area contributed by atoms with E-state index in [-0.39, 0.29) is 5.56 Å². The Kier molecular flexibility index (Phi) is 3.67. The second kappa shape index (κ2) is 5.62. The maximum Gasteiger partial charge on any atom is 0.251 e. The highest BCUT2D eigenvalue weighted by atomic mass is 35.5. The standard InChI is InChI=1S/C17H14ClNO2/c1-11-7-13-8-14(18)16(9-15(13)19-17(11)20)21-10-12-5-3-2-4-6-12/h2-9H,10H2,1H3,(H,19,20). The molecule has 3 rings (SSSR count). The molecule has 106 valence electrons. The van der Waals surface area contributed by atoms with Gasteiger partial charge in [-0.15, -0.1) is 0 Å². The van der Waals surface area contributed by atoms with Crippen molar-refractivity contribution in [3.8, 4) is 5.75 Å². The summed E-state index contributed by atoms with van der Waals surface area (Å²) in [6.45, 7) is 2.20. The summed E-state index contributed by atoms with van der Waals surface area (Å²) < 4.78 is 5.75. The first-order valence-corrected chi connectivity index (χ1v) is 7.01. The molecule has 3 aromatic rings. The number of hydrogen-bond acceptors (Lipinski definition) is 2. The molecule has 0 fully saturated rings. The van der Waals surface area contributed by atoms with Gasteiger partial charge in [0.1, 0.15) is 12.4 Å². The van der Waals surface area contributed by atoms with Crippen molar-refractivity contribution in [2.75, 3.05) is 0 Å². The zero-order valence-electron chi connectivity index (χ0n) is 11.5. The van der Waals surface area contributed by atoms with Crippen LogP contribution >= 0.6 is 11.6 Å². The summed E-state index contributed by atoms with van der Waals surface area (Å²) in [5.74, 6) is 0.563. The lowest BCUT2D eigenvalue weighted by Crippen LogP contribution is -2.08. The number of fused-ring (bicyclic) bond motifs is 1. The summed E-state index contributed by atoms with van der Waals surface area (Å²) in [5, 5.41) is 1.43. The Morgan fingerprint density at radius 3 is 2.67 bits per heavy atom. The van der Waals surface area contributed by atoms with Crippen LogP contribution in [0.4, 0.5) is 0 Å². The minimum Gasteiger partial charge on any atom is -0.487 e. The van der Waals surface area contributed by atoms with E-state index >= 15 is 0 Å². The van der Waals surface area contributed by atoms with Crippen molar-refractivity contribution in [3.63, 3.8) is 0 Å². The van der Waals surface area contributed by atoms with Gasteiger partial charge in [0.05, 0.1) is 10.5 Å². The van der Waals surface area contributed by atoms with Crippen LogP contribution in [0, 0.1) is 6.92 Å². The van der Waals surface area contributed by atoms with Crippen LogP contribution in [0.25, 0.3) is 10.9 Å². The number of halogens is 1. The molecule has 0 radical (unpaired) electrons. The molecule has 0 spiro atoms. The van der Waals surface area contributed by atoms with Crippen LogP contribution in [-0.4, -0.2) is 4.98 Å². The predicted octanol–water partition coefficient (Wildman–Crippen LogP) is 4.07. The SMILES string of the molecule is Cc1cc2cc(Cl)c(OCc3ccccc3)cc2[nH]c1=O. The van der Waals surface area contributed by atoms with E-state index in [4.69, 9.17) is 16.3 Å². The number of H-pyrrole nitrogens is 1. The summed E-state index contributed by atoms with van der Waals surface area (Å²) in [4.78, 5) is 14.5. The lowest BCUT2D eigenvalue weighted by atomic mass is 10.1. The van der Waals surface area contributed by atoms with E-state index in [1.165, 1.54) is 0 Å². The molecule has 1 N–H and O–H groups in total. The smallest absolute Gasteiger partial charge is 0.251 e. The second-order valence-corrected chi connectivity index (χ2v) is 5.33. The van der Waals surface area contributed by atoms with Gasteiger partial charge in [0.25, 0.3) is 5.56 Å². The normalized spacial score (nSPS) is 10.8. The highest BCUT2D eigenvalue weighted by Crippen LogP contribution is 2.29. The number of aromatic amines is 1. The highest BCUT2D eigenvalue weighted by molar-refractivity contribution is 6.32. The second-order valence-electron chi connectivity index (χ2n) is 4.93. The van der Waals surface area contributed by atoms with Crippen molar-refractivity contribution >= 4 is 22.5 Å². The molecule has 2 aromatic carbocycles. The van der Waals surface area contributed by atoms with E-state index in [0.29, 0.717) is 22.9 Å². The summed E-state index contributed by atoms with van der Waals surface area (Å²) in [5.41, 5.74) is 2.35. The van der Waals surface area contributed by atoms with Crippen molar-refractivity contribution in [3.05, 3.63) is 75.0 Å². The zero-order valence-corrected chi connectivity index (χ0v) is 12.3. The van der Waals surface area contributed by atoms with E-state index in [9.17, 15) is 4.79 Å². The van der Waals surface area contributed by atoms with Gasteiger partial charge in [-0.3, -0.25) is 4.79 Å². The first kappa shape index (κ1) is 13.7. The van der Waals surface area contributed by atoms with Crippen LogP contribution in [0.15, 0.2) is 53.3 Å². The average molecular weight is 300 g/mol. The monoisotopic (exact) mass is 299 g/mol. The molecule has 0 saturated carbocycles. The number of nitrogens with one attached hydrogen (secondary N) is 1. The third kappa shape index (κ3) is 2.93. The van der Waals surface area contributed by atoms with E-state index < -0.39 is 0 Å². The lowest BCUT2D eigenvalue weighted by molar-refractivity contribution is 0.307. The first-order chi connectivity index (χ1) is 10.1. The molecular formula is C17H14ClNO2. The van der Waals surface area contributed by atoms with Gasteiger partial charge in [-0.05, 0) is 24.6 Å². The fourth-order valence-electron chi connectivity index (χ4n) is 2.16. The van der Waals surface area contributed by atoms with Crippen LogP contribution in [0.2, 0.25) is 5.02 Å². The quantitative estimate of drug-likeness (QED) is 0.792. The number of rotatable bonds is 3. The van der Waals surface area contributed by atoms with E-state index in [1.54, 1.807) is 19.1 Å². The fourth-order valence-corrected chi connectivity index (χ4v) is 2.39. The molecular weight excluding hydrogens is 286 g/mol. The van der Waals surface area contributed by atoms with Gasteiger partial charge in [0.2, 0.25) is 0 Å². The van der Waals surface area contributed by atoms with Gasteiger partial charge in [0, 0.05) is 17.0 Å². The molecule has 0 bridgehead atoms. The molecule has 3 nitrogen and oxygen atoms in total. The van der Waals surface area contributed by atoms with Crippen molar-refractivity contribution in [2.45, 2.75) is 13.5 Å². The molecule has 0 amide bonds. The van der Waals surface area contributed by atoms with E-state index in [1.807, 2.05) is 36.4 Å². The minimum absolute atomic E-state index is 0.0983. The maximum absolute atomic E-state index is 11.7. The van der Waals surface area contributed by atoms with E-state index in [2.05, 4.69) is 4.98 Å². The molecule has 0 aliphatic heterocycles. The Bertz CT molecular complexity index is 841. The summed E-state index contributed by atoms with van der Waals surface area (Å²) in [6, 6.07) is 15.2. The predicted molar refractivity (Wildman–Crippen MR) is 85.1 cm³/mol. The van der Waals surface area contributed by atoms with Crippen LogP contribution in [0.1, 0.15) is 11.1 Å². The lowest BCUT2D eigenvalue weighted by Gasteiger charge is -2.10. The summed E-state index contributed by atoms with van der Waals surface area (Å²) in [7, 11) is 0. The highest BCUT2D eigenvalue weighted by Gasteiger charge is 2.07. The van der Waals surface area contributed by atoms with Crippen molar-refractivity contribution in [1.29, 1.82) is 0 Å². The molecule has 4 heteroatoms. The van der Waals surface area contributed by atoms with Crippen LogP contribution in [0.3, 0.4) is 0 Å². The Morgan fingerprint density at radius 2 is 1.90 bits per heavy atom. The van der Waals surface area contributed by atoms with E-state index in [0.717, 1.165) is 16.5 Å². The Morgan fingerprint density at radius 1 is 1.14 bits per heavy atom. The topological polar surface area (TPSA) is 42.1 Å². The van der Waals surface area contributed by atoms with Crippen molar-refractivity contribution < 1.29 is 4.74 Å². The number of aromatic nitrogens is 1. The molecule has 0 aliphatic rings. The Hall–Kier alpha value is -2.26. The molecule has 21 heavy (non-hydrogen) atoms. The molecule has 0 saturated heterocycles. The van der Waals surface area contributed by atoms with Gasteiger partial charge in [0.15, 0.2) is 0 Å². The number of ether oxygens (including phenoxy) is 1.